The van der Waals surface area contributed by atoms with E-state index in [1.54, 1.807) is 0 Å². The Bertz CT molecular complexity index is 517. The number of carboxylic acid groups (broad SMARTS) is 1. The van der Waals surface area contributed by atoms with E-state index in [1.165, 1.54) is 0 Å². The number of amides is 1. The van der Waals surface area contributed by atoms with Gasteiger partial charge in [0.05, 0.1) is 16.8 Å². The Morgan fingerprint density at radius 2 is 2.12 bits per heavy atom. The third kappa shape index (κ3) is 2.08. The zero-order valence-corrected chi connectivity index (χ0v) is 8.65. The van der Waals surface area contributed by atoms with Crippen LogP contribution in [0.25, 0.3) is 10.2 Å². The highest BCUT2D eigenvalue weighted by Crippen LogP contribution is 2.24. The van der Waals surface area contributed by atoms with Crippen LogP contribution in [-0.4, -0.2) is 16.2 Å². The number of aromatic nitrogens is 1. The summed E-state index contributed by atoms with van der Waals surface area (Å²) in [4.78, 5) is 14.2. The summed E-state index contributed by atoms with van der Waals surface area (Å²) in [6.45, 7) is 0.0257. The lowest BCUT2D eigenvalue weighted by Gasteiger charge is -1.93. The molecule has 0 saturated heterocycles. The van der Waals surface area contributed by atoms with Crippen molar-refractivity contribution in [1.82, 2.24) is 10.3 Å². The molecule has 84 valence electrons. The van der Waals surface area contributed by atoms with Gasteiger partial charge in [0.1, 0.15) is 5.01 Å². The molecule has 0 radical (unpaired) electrons. The van der Waals surface area contributed by atoms with Gasteiger partial charge >= 0.3 is 6.09 Å². The third-order valence-electron chi connectivity index (χ3n) is 1.87. The minimum atomic E-state index is -1.17. The fourth-order valence-electron chi connectivity index (χ4n) is 1.20. The molecule has 0 saturated carbocycles. The fraction of sp³-hybridized carbons (Fsp3) is 0.111. The molecule has 2 aromatic rings. The van der Waals surface area contributed by atoms with Crippen molar-refractivity contribution in [3.63, 3.8) is 0 Å². The number of nitrogens with zero attached hydrogens (tertiary/aromatic N) is 1. The van der Waals surface area contributed by atoms with Gasteiger partial charge in [0, 0.05) is 6.07 Å². The summed E-state index contributed by atoms with van der Waals surface area (Å²) < 4.78 is 26.2. The second-order valence-corrected chi connectivity index (χ2v) is 4.12. The Morgan fingerprint density at radius 3 is 2.81 bits per heavy atom. The Hall–Kier alpha value is -1.76. The summed E-state index contributed by atoms with van der Waals surface area (Å²) in [5.74, 6) is -1.90. The molecular formula is C9H6F2N2O2S. The number of hydrogen-bond donors (Lipinski definition) is 2. The van der Waals surface area contributed by atoms with Crippen LogP contribution in [-0.2, 0) is 6.54 Å². The highest BCUT2D eigenvalue weighted by atomic mass is 32.1. The van der Waals surface area contributed by atoms with Crippen LogP contribution >= 0.6 is 11.3 Å². The first-order valence-corrected chi connectivity index (χ1v) is 5.09. The van der Waals surface area contributed by atoms with E-state index in [2.05, 4.69) is 10.3 Å². The van der Waals surface area contributed by atoms with Crippen LogP contribution in [0.2, 0.25) is 0 Å². The standard InChI is InChI=1S/C9H6F2N2O2S/c10-4-1-6-7(2-5(4)11)16-8(13-6)3-12-9(14)15/h1-2,12H,3H2,(H,14,15). The molecule has 2 rings (SSSR count). The zero-order valence-electron chi connectivity index (χ0n) is 7.83. The number of benzene rings is 1. The molecule has 0 bridgehead atoms. The van der Waals surface area contributed by atoms with Gasteiger partial charge in [-0.3, -0.25) is 0 Å². The van der Waals surface area contributed by atoms with Crippen molar-refractivity contribution < 1.29 is 18.7 Å². The molecule has 0 aliphatic carbocycles. The molecule has 1 aromatic carbocycles. The Labute approximate surface area is 92.5 Å². The Kier molecular flexibility index (Phi) is 2.69. The second-order valence-electron chi connectivity index (χ2n) is 3.00. The largest absolute Gasteiger partial charge is 0.465 e. The van der Waals surface area contributed by atoms with Gasteiger partial charge in [-0.15, -0.1) is 11.3 Å². The van der Waals surface area contributed by atoms with E-state index in [1.807, 2.05) is 0 Å². The SMILES string of the molecule is O=C(O)NCc1nc2cc(F)c(F)cc2s1. The lowest BCUT2D eigenvalue weighted by Crippen LogP contribution is -2.19. The van der Waals surface area contributed by atoms with E-state index in [-0.39, 0.29) is 6.54 Å². The Balaban J connectivity index is 2.33. The van der Waals surface area contributed by atoms with Crippen molar-refractivity contribution in [3.05, 3.63) is 28.8 Å². The first-order chi connectivity index (χ1) is 7.56. The van der Waals surface area contributed by atoms with Gasteiger partial charge in [-0.2, -0.15) is 0 Å². The zero-order chi connectivity index (χ0) is 11.7. The van der Waals surface area contributed by atoms with Crippen LogP contribution in [0.15, 0.2) is 12.1 Å². The Morgan fingerprint density at radius 1 is 1.44 bits per heavy atom. The molecule has 2 N–H and O–H groups in total. The molecule has 1 heterocycles. The number of hydrogen-bond acceptors (Lipinski definition) is 3. The second kappa shape index (κ2) is 4.01. The number of rotatable bonds is 2. The molecule has 0 aliphatic rings. The van der Waals surface area contributed by atoms with E-state index in [9.17, 15) is 13.6 Å². The molecule has 7 heteroatoms. The summed E-state index contributed by atoms with van der Waals surface area (Å²) in [5.41, 5.74) is 0.325. The van der Waals surface area contributed by atoms with Gasteiger partial charge in [0.15, 0.2) is 11.6 Å². The maximum atomic E-state index is 12.9. The summed E-state index contributed by atoms with van der Waals surface area (Å²) >= 11 is 1.12. The number of halogens is 2. The molecule has 0 aliphatic heterocycles. The molecule has 0 fully saturated rings. The van der Waals surface area contributed by atoms with Crippen LogP contribution < -0.4 is 5.32 Å². The van der Waals surface area contributed by atoms with E-state index in [4.69, 9.17) is 5.11 Å². The van der Waals surface area contributed by atoms with Crippen LogP contribution in [0.5, 0.6) is 0 Å². The van der Waals surface area contributed by atoms with Crippen molar-refractivity contribution in [3.8, 4) is 0 Å². The maximum absolute atomic E-state index is 12.9. The van der Waals surface area contributed by atoms with Crippen molar-refractivity contribution in [2.75, 3.05) is 0 Å². The van der Waals surface area contributed by atoms with Crippen LogP contribution in [0.3, 0.4) is 0 Å². The highest BCUT2D eigenvalue weighted by molar-refractivity contribution is 7.18. The molecule has 1 aromatic heterocycles. The average Bonchev–Trinajstić information content (AvgIpc) is 2.58. The van der Waals surface area contributed by atoms with Crippen molar-refractivity contribution in [2.45, 2.75) is 6.54 Å². The molecule has 0 unspecified atom stereocenters. The van der Waals surface area contributed by atoms with Crippen molar-refractivity contribution in [2.24, 2.45) is 0 Å². The van der Waals surface area contributed by atoms with Gasteiger partial charge in [-0.1, -0.05) is 0 Å². The quantitative estimate of drug-likeness (QED) is 0.852. The third-order valence-corrected chi connectivity index (χ3v) is 2.88. The predicted molar refractivity (Wildman–Crippen MR) is 54.4 cm³/mol. The van der Waals surface area contributed by atoms with Gasteiger partial charge in [0.2, 0.25) is 0 Å². The van der Waals surface area contributed by atoms with Crippen LogP contribution in [0, 0.1) is 11.6 Å². The first kappa shape index (κ1) is 10.7. The fourth-order valence-corrected chi connectivity index (χ4v) is 2.11. The minimum absolute atomic E-state index is 0.0257. The molecular weight excluding hydrogens is 238 g/mol. The topological polar surface area (TPSA) is 62.2 Å². The van der Waals surface area contributed by atoms with Gasteiger partial charge in [-0.05, 0) is 6.07 Å². The minimum Gasteiger partial charge on any atom is -0.465 e. The molecule has 16 heavy (non-hydrogen) atoms. The molecule has 0 atom stereocenters. The molecule has 4 nitrogen and oxygen atoms in total. The number of fused-ring (bicyclic) bond motifs is 1. The lowest BCUT2D eigenvalue weighted by atomic mass is 10.3. The van der Waals surface area contributed by atoms with E-state index in [0.29, 0.717) is 15.2 Å². The van der Waals surface area contributed by atoms with Crippen molar-refractivity contribution in [1.29, 1.82) is 0 Å². The van der Waals surface area contributed by atoms with Gasteiger partial charge in [0.25, 0.3) is 0 Å². The average molecular weight is 244 g/mol. The first-order valence-electron chi connectivity index (χ1n) is 4.27. The van der Waals surface area contributed by atoms with Crippen molar-refractivity contribution >= 4 is 27.6 Å². The van der Waals surface area contributed by atoms with E-state index in [0.717, 1.165) is 23.5 Å². The lowest BCUT2D eigenvalue weighted by molar-refractivity contribution is 0.194. The molecule has 1 amide bonds. The molecule has 0 spiro atoms. The number of thiazole rings is 1. The predicted octanol–water partition coefficient (Wildman–Crippen LogP) is 2.34. The maximum Gasteiger partial charge on any atom is 0.405 e. The smallest absolute Gasteiger partial charge is 0.405 e. The summed E-state index contributed by atoms with van der Waals surface area (Å²) in [7, 11) is 0. The van der Waals surface area contributed by atoms with Crippen LogP contribution in [0.1, 0.15) is 5.01 Å². The summed E-state index contributed by atoms with van der Waals surface area (Å²) in [5, 5.41) is 11.0. The van der Waals surface area contributed by atoms with Crippen LogP contribution in [0.4, 0.5) is 13.6 Å². The highest BCUT2D eigenvalue weighted by Gasteiger charge is 2.09. The normalized spacial score (nSPS) is 10.6. The van der Waals surface area contributed by atoms with E-state index >= 15 is 0 Å². The van der Waals surface area contributed by atoms with E-state index < -0.39 is 17.7 Å². The monoisotopic (exact) mass is 244 g/mol. The van der Waals surface area contributed by atoms with Gasteiger partial charge in [-0.25, -0.2) is 18.6 Å². The number of carbonyl (C=O) groups is 1. The summed E-state index contributed by atoms with van der Waals surface area (Å²) in [6.07, 6.45) is -1.17. The number of nitrogens with one attached hydrogen (secondary N) is 1. The summed E-state index contributed by atoms with van der Waals surface area (Å²) in [6, 6.07) is 2.04. The van der Waals surface area contributed by atoms with Gasteiger partial charge < -0.3 is 10.4 Å².